The highest BCUT2D eigenvalue weighted by Crippen LogP contribution is 2.20. The minimum atomic E-state index is 0.949. The van der Waals surface area contributed by atoms with Crippen molar-refractivity contribution >= 4 is 5.69 Å². The average molecular weight is 215 g/mol. The third-order valence-corrected chi connectivity index (χ3v) is 2.70. The third-order valence-electron chi connectivity index (χ3n) is 2.70. The highest BCUT2D eigenvalue weighted by atomic mass is 15.1. The molecule has 0 aliphatic carbocycles. The van der Waals surface area contributed by atoms with Crippen molar-refractivity contribution in [3.8, 4) is 11.4 Å². The van der Waals surface area contributed by atoms with E-state index in [9.17, 15) is 0 Å². The Balaban J connectivity index is 2.35. The van der Waals surface area contributed by atoms with Gasteiger partial charge in [-0.25, -0.2) is 4.98 Å². The normalized spacial score (nSPS) is 10.4. The van der Waals surface area contributed by atoms with Crippen molar-refractivity contribution in [2.45, 2.75) is 13.5 Å². The summed E-state index contributed by atoms with van der Waals surface area (Å²) >= 11 is 0. The summed E-state index contributed by atoms with van der Waals surface area (Å²) < 4.78 is 2.14. The zero-order chi connectivity index (χ0) is 11.5. The first-order valence-corrected chi connectivity index (χ1v) is 5.51. The molecule has 0 N–H and O–H groups in total. The lowest BCUT2D eigenvalue weighted by atomic mass is 10.2. The Morgan fingerprint density at radius 3 is 2.44 bits per heavy atom. The van der Waals surface area contributed by atoms with Gasteiger partial charge in [-0.2, -0.15) is 0 Å². The maximum atomic E-state index is 4.38. The highest BCUT2D eigenvalue weighted by molar-refractivity contribution is 5.60. The smallest absolute Gasteiger partial charge is 0.139 e. The minimum absolute atomic E-state index is 0.949. The number of imidazole rings is 1. The molecule has 2 rings (SSSR count). The Kier molecular flexibility index (Phi) is 2.95. The number of aromatic nitrogens is 2. The maximum Gasteiger partial charge on any atom is 0.139 e. The fourth-order valence-corrected chi connectivity index (χ4v) is 1.73. The third kappa shape index (κ3) is 1.94. The average Bonchev–Trinajstić information content (AvgIpc) is 2.77. The van der Waals surface area contributed by atoms with Gasteiger partial charge in [0, 0.05) is 44.3 Å². The van der Waals surface area contributed by atoms with Crippen LogP contribution < -0.4 is 4.90 Å². The summed E-state index contributed by atoms with van der Waals surface area (Å²) in [7, 11) is 4.09. The van der Waals surface area contributed by atoms with E-state index in [-0.39, 0.29) is 0 Å². The molecule has 1 aromatic heterocycles. The number of nitrogens with zero attached hydrogens (tertiary/aromatic N) is 3. The fourth-order valence-electron chi connectivity index (χ4n) is 1.73. The van der Waals surface area contributed by atoms with Gasteiger partial charge in [0.05, 0.1) is 0 Å². The first kappa shape index (κ1) is 10.7. The number of benzene rings is 1. The Morgan fingerprint density at radius 1 is 1.19 bits per heavy atom. The Morgan fingerprint density at radius 2 is 1.88 bits per heavy atom. The molecular formula is C13H17N3. The van der Waals surface area contributed by atoms with Crippen molar-refractivity contribution in [2.75, 3.05) is 19.0 Å². The second-order valence-electron chi connectivity index (χ2n) is 3.98. The predicted molar refractivity (Wildman–Crippen MR) is 67.7 cm³/mol. The molecule has 0 spiro atoms. The molecule has 0 aliphatic rings. The van der Waals surface area contributed by atoms with Gasteiger partial charge in [0.1, 0.15) is 5.82 Å². The molecule has 3 nitrogen and oxygen atoms in total. The van der Waals surface area contributed by atoms with Crippen molar-refractivity contribution in [2.24, 2.45) is 0 Å². The topological polar surface area (TPSA) is 21.1 Å². The SMILES string of the molecule is CCn1ccnc1-c1ccc(N(C)C)cc1. The second kappa shape index (κ2) is 4.39. The van der Waals surface area contributed by atoms with Crippen molar-refractivity contribution in [1.29, 1.82) is 0 Å². The van der Waals surface area contributed by atoms with Crippen LogP contribution in [0.1, 0.15) is 6.92 Å². The number of anilines is 1. The van der Waals surface area contributed by atoms with Crippen LogP contribution in [0.4, 0.5) is 5.69 Å². The molecule has 3 heteroatoms. The van der Waals surface area contributed by atoms with E-state index in [1.54, 1.807) is 0 Å². The van der Waals surface area contributed by atoms with E-state index in [2.05, 4.69) is 45.6 Å². The molecule has 1 aromatic carbocycles. The molecule has 0 fully saturated rings. The fraction of sp³-hybridized carbons (Fsp3) is 0.308. The van der Waals surface area contributed by atoms with Gasteiger partial charge in [-0.15, -0.1) is 0 Å². The van der Waals surface area contributed by atoms with Gasteiger partial charge in [0.2, 0.25) is 0 Å². The van der Waals surface area contributed by atoms with E-state index < -0.39 is 0 Å². The number of hydrogen-bond donors (Lipinski definition) is 0. The predicted octanol–water partition coefficient (Wildman–Crippen LogP) is 2.64. The van der Waals surface area contributed by atoms with Crippen molar-refractivity contribution < 1.29 is 0 Å². The van der Waals surface area contributed by atoms with E-state index in [1.165, 1.54) is 5.69 Å². The minimum Gasteiger partial charge on any atom is -0.378 e. The van der Waals surface area contributed by atoms with Gasteiger partial charge in [-0.3, -0.25) is 0 Å². The van der Waals surface area contributed by atoms with Crippen LogP contribution in [-0.2, 0) is 6.54 Å². The molecule has 2 aromatic rings. The summed E-state index contributed by atoms with van der Waals surface area (Å²) in [4.78, 5) is 6.47. The number of hydrogen-bond acceptors (Lipinski definition) is 2. The molecule has 0 unspecified atom stereocenters. The van der Waals surface area contributed by atoms with Gasteiger partial charge in [-0.1, -0.05) is 0 Å². The molecule has 1 heterocycles. The lowest BCUT2D eigenvalue weighted by Gasteiger charge is -2.12. The molecule has 0 saturated carbocycles. The molecule has 16 heavy (non-hydrogen) atoms. The van der Waals surface area contributed by atoms with Crippen LogP contribution in [-0.4, -0.2) is 23.6 Å². The monoisotopic (exact) mass is 215 g/mol. The van der Waals surface area contributed by atoms with E-state index >= 15 is 0 Å². The standard InChI is InChI=1S/C13H17N3/c1-4-16-10-9-14-13(16)11-5-7-12(8-6-11)15(2)3/h5-10H,4H2,1-3H3. The molecule has 0 bridgehead atoms. The maximum absolute atomic E-state index is 4.38. The van der Waals surface area contributed by atoms with E-state index in [0.29, 0.717) is 0 Å². The highest BCUT2D eigenvalue weighted by Gasteiger charge is 2.04. The second-order valence-corrected chi connectivity index (χ2v) is 3.98. The number of aryl methyl sites for hydroxylation is 1. The molecule has 84 valence electrons. The van der Waals surface area contributed by atoms with Gasteiger partial charge in [0.25, 0.3) is 0 Å². The lowest BCUT2D eigenvalue weighted by Crippen LogP contribution is -2.08. The van der Waals surface area contributed by atoms with Gasteiger partial charge >= 0.3 is 0 Å². The zero-order valence-corrected chi connectivity index (χ0v) is 10.0. The van der Waals surface area contributed by atoms with Crippen LogP contribution in [0.5, 0.6) is 0 Å². The summed E-state index contributed by atoms with van der Waals surface area (Å²) in [6.45, 7) is 3.07. The van der Waals surface area contributed by atoms with Crippen LogP contribution in [0.2, 0.25) is 0 Å². The first-order valence-electron chi connectivity index (χ1n) is 5.51. The van der Waals surface area contributed by atoms with E-state index in [1.807, 2.05) is 26.5 Å². The van der Waals surface area contributed by atoms with Crippen LogP contribution >= 0.6 is 0 Å². The summed E-state index contributed by atoms with van der Waals surface area (Å²) in [6, 6.07) is 8.46. The Labute approximate surface area is 96.3 Å². The van der Waals surface area contributed by atoms with Gasteiger partial charge in [0.15, 0.2) is 0 Å². The molecular weight excluding hydrogens is 198 g/mol. The van der Waals surface area contributed by atoms with Crippen molar-refractivity contribution in [1.82, 2.24) is 9.55 Å². The van der Waals surface area contributed by atoms with Gasteiger partial charge in [-0.05, 0) is 31.2 Å². The Bertz CT molecular complexity index is 454. The van der Waals surface area contributed by atoms with Crippen molar-refractivity contribution in [3.63, 3.8) is 0 Å². The van der Waals surface area contributed by atoms with Crippen LogP contribution in [0.15, 0.2) is 36.7 Å². The quantitative estimate of drug-likeness (QED) is 0.784. The van der Waals surface area contributed by atoms with Crippen LogP contribution in [0.3, 0.4) is 0 Å². The molecule has 0 amide bonds. The summed E-state index contributed by atoms with van der Waals surface area (Å²) in [5, 5.41) is 0. The lowest BCUT2D eigenvalue weighted by molar-refractivity contribution is 0.771. The molecule has 0 radical (unpaired) electrons. The summed E-state index contributed by atoms with van der Waals surface area (Å²) in [5.74, 6) is 1.04. The first-order chi connectivity index (χ1) is 7.72. The van der Waals surface area contributed by atoms with Gasteiger partial charge < -0.3 is 9.47 Å². The zero-order valence-electron chi connectivity index (χ0n) is 10.0. The largest absolute Gasteiger partial charge is 0.378 e. The molecule has 0 atom stereocenters. The van der Waals surface area contributed by atoms with Crippen LogP contribution in [0, 0.1) is 0 Å². The Hall–Kier alpha value is -1.77. The van der Waals surface area contributed by atoms with E-state index in [4.69, 9.17) is 0 Å². The molecule has 0 saturated heterocycles. The summed E-state index contributed by atoms with van der Waals surface area (Å²) in [5.41, 5.74) is 2.37. The number of rotatable bonds is 3. The van der Waals surface area contributed by atoms with E-state index in [0.717, 1.165) is 17.9 Å². The van der Waals surface area contributed by atoms with Crippen LogP contribution in [0.25, 0.3) is 11.4 Å². The van der Waals surface area contributed by atoms with Crippen molar-refractivity contribution in [3.05, 3.63) is 36.7 Å². The molecule has 0 aliphatic heterocycles. The summed E-state index contributed by atoms with van der Waals surface area (Å²) in [6.07, 6.45) is 3.86.